The summed E-state index contributed by atoms with van der Waals surface area (Å²) in [5.41, 5.74) is 3.60. The highest BCUT2D eigenvalue weighted by Gasteiger charge is 2.22. The number of fused-ring (bicyclic) bond motifs is 2. The number of ether oxygens (including phenoxy) is 3. The number of thiazole rings is 1. The highest BCUT2D eigenvalue weighted by Crippen LogP contribution is 2.37. The molecule has 2 N–H and O–H groups in total. The number of rotatable bonds is 8. The van der Waals surface area contributed by atoms with Crippen molar-refractivity contribution >= 4 is 44.4 Å². The Hall–Kier alpha value is -4.49. The normalized spacial score (nSPS) is 13.8. The standard InChI is InChI=1S/C27H25FN6O5S/c1-13-5-17(25-20(6-13)33-24(37-4)11-31-25)26-34-19-7-18(28)21(8-22(19)40-26)38-14(2)15(3)39-27(36)32-16-9-29-23(12-35)30-10-16/h5-11,14-15,35H,12H2,1-4H3,(H,32,36)/t14-,15+/m0/s1/i12D2. The maximum Gasteiger partial charge on any atom is 0.412 e. The summed E-state index contributed by atoms with van der Waals surface area (Å²) in [5.74, 6) is -0.705. The molecule has 0 aliphatic carbocycles. The Balaban J connectivity index is 1.30. The predicted molar refractivity (Wildman–Crippen MR) is 147 cm³/mol. The molecule has 0 saturated heterocycles. The smallest absolute Gasteiger partial charge is 0.412 e. The quantitative estimate of drug-likeness (QED) is 0.262. The average molecular weight is 567 g/mol. The van der Waals surface area contributed by atoms with Crippen LogP contribution in [0.4, 0.5) is 14.9 Å². The van der Waals surface area contributed by atoms with E-state index in [0.717, 1.165) is 23.5 Å². The molecule has 2 atom stereocenters. The largest absolute Gasteiger partial charge is 0.484 e. The number of aromatic nitrogens is 5. The zero-order valence-electron chi connectivity index (χ0n) is 23.8. The van der Waals surface area contributed by atoms with Crippen molar-refractivity contribution in [2.75, 3.05) is 12.4 Å². The first kappa shape index (κ1) is 24.5. The van der Waals surface area contributed by atoms with Gasteiger partial charge in [-0.1, -0.05) is 0 Å². The minimum absolute atomic E-state index is 0.0260. The lowest BCUT2D eigenvalue weighted by Gasteiger charge is -2.22. The van der Waals surface area contributed by atoms with Crippen LogP contribution in [0.15, 0.2) is 42.9 Å². The Morgan fingerprint density at radius 2 is 1.88 bits per heavy atom. The minimum atomic E-state index is -2.71. The van der Waals surface area contributed by atoms with Crippen LogP contribution < -0.4 is 14.8 Å². The molecule has 0 bridgehead atoms. The summed E-state index contributed by atoms with van der Waals surface area (Å²) in [6, 6.07) is 6.70. The maximum atomic E-state index is 15.0. The van der Waals surface area contributed by atoms with Gasteiger partial charge in [-0.25, -0.2) is 34.1 Å². The lowest BCUT2D eigenvalue weighted by atomic mass is 10.1. The van der Waals surface area contributed by atoms with E-state index < -0.39 is 36.5 Å². The molecule has 0 saturated carbocycles. The molecule has 0 unspecified atom stereocenters. The number of methoxy groups -OCH3 is 1. The number of hydrogen-bond donors (Lipinski definition) is 2. The van der Waals surface area contributed by atoms with Crippen molar-refractivity contribution in [1.29, 1.82) is 0 Å². The van der Waals surface area contributed by atoms with Gasteiger partial charge in [-0.2, -0.15) is 0 Å². The van der Waals surface area contributed by atoms with Crippen LogP contribution in [0.5, 0.6) is 11.6 Å². The average Bonchev–Trinajstić information content (AvgIpc) is 3.34. The first-order valence-electron chi connectivity index (χ1n) is 13.0. The molecular weight excluding hydrogens is 539 g/mol. The van der Waals surface area contributed by atoms with Crippen LogP contribution in [-0.2, 0) is 11.3 Å². The van der Waals surface area contributed by atoms with Crippen LogP contribution >= 0.6 is 11.3 Å². The first-order chi connectivity index (χ1) is 19.9. The van der Waals surface area contributed by atoms with E-state index in [-0.39, 0.29) is 11.4 Å². The van der Waals surface area contributed by atoms with E-state index in [9.17, 15) is 9.90 Å². The van der Waals surface area contributed by atoms with Gasteiger partial charge in [-0.05, 0) is 38.5 Å². The van der Waals surface area contributed by atoms with Gasteiger partial charge >= 0.3 is 6.09 Å². The van der Waals surface area contributed by atoms with Gasteiger partial charge in [-0.15, -0.1) is 11.3 Å². The second-order valence-corrected chi connectivity index (χ2v) is 9.86. The molecule has 0 fully saturated rings. The predicted octanol–water partition coefficient (Wildman–Crippen LogP) is 5.05. The summed E-state index contributed by atoms with van der Waals surface area (Å²) in [7, 11) is 1.52. The van der Waals surface area contributed by atoms with Crippen LogP contribution in [0.3, 0.4) is 0 Å². The zero-order chi connectivity index (χ0) is 30.2. The van der Waals surface area contributed by atoms with E-state index >= 15 is 4.39 Å². The monoisotopic (exact) mass is 566 g/mol. The molecule has 3 aromatic heterocycles. The van der Waals surface area contributed by atoms with Crippen LogP contribution in [0.2, 0.25) is 0 Å². The van der Waals surface area contributed by atoms with Gasteiger partial charge < -0.3 is 19.3 Å². The number of aliphatic hydroxyl groups is 1. The Labute approximate surface area is 234 Å². The number of carbonyl (C=O) groups excluding carboxylic acids is 1. The molecule has 0 aliphatic rings. The van der Waals surface area contributed by atoms with Crippen molar-refractivity contribution in [3.63, 3.8) is 0 Å². The minimum Gasteiger partial charge on any atom is -0.484 e. The molecular formula is C27H25FN6O5S. The molecule has 0 spiro atoms. The third-order valence-electron chi connectivity index (χ3n) is 5.92. The highest BCUT2D eigenvalue weighted by atomic mass is 32.1. The van der Waals surface area contributed by atoms with Crippen molar-refractivity contribution in [2.24, 2.45) is 0 Å². The summed E-state index contributed by atoms with van der Waals surface area (Å²) in [5, 5.41) is 12.3. The first-order valence-corrected chi connectivity index (χ1v) is 12.8. The summed E-state index contributed by atoms with van der Waals surface area (Å²) in [6.45, 7) is 2.45. The lowest BCUT2D eigenvalue weighted by Crippen LogP contribution is -2.32. The number of nitrogens with one attached hydrogen (secondary N) is 1. The third-order valence-corrected chi connectivity index (χ3v) is 6.97. The van der Waals surface area contributed by atoms with Crippen LogP contribution in [0, 0.1) is 12.7 Å². The number of anilines is 1. The van der Waals surface area contributed by atoms with Crippen LogP contribution in [0.25, 0.3) is 31.8 Å². The van der Waals surface area contributed by atoms with E-state index in [4.69, 9.17) is 17.0 Å². The SMILES string of the molecule is [2H]C([2H])(O)c1ncc(NC(=O)O[C@H](C)[C@H](C)Oc2cc3sc(-c4cc(C)cc5nc(OC)cnc45)nc3cc2F)cn1. The van der Waals surface area contributed by atoms with E-state index in [1.165, 1.54) is 30.7 Å². The third kappa shape index (κ3) is 5.75. The summed E-state index contributed by atoms with van der Waals surface area (Å²) >= 11 is 1.35. The Morgan fingerprint density at radius 1 is 1.10 bits per heavy atom. The van der Waals surface area contributed by atoms with Crippen LogP contribution in [0.1, 0.15) is 28.0 Å². The number of carbonyl (C=O) groups is 1. The van der Waals surface area contributed by atoms with E-state index in [1.807, 2.05) is 19.1 Å². The number of halogens is 1. The van der Waals surface area contributed by atoms with Gasteiger partial charge in [0.05, 0.1) is 55.4 Å². The van der Waals surface area contributed by atoms with Gasteiger partial charge in [0.25, 0.3) is 0 Å². The molecule has 13 heteroatoms. The van der Waals surface area contributed by atoms with Crippen molar-refractivity contribution in [3.05, 3.63) is 60.1 Å². The second-order valence-electron chi connectivity index (χ2n) is 8.83. The summed E-state index contributed by atoms with van der Waals surface area (Å²) in [4.78, 5) is 33.3. The van der Waals surface area contributed by atoms with Gasteiger partial charge in [0.1, 0.15) is 23.8 Å². The van der Waals surface area contributed by atoms with Gasteiger partial charge in [0.15, 0.2) is 17.4 Å². The van der Waals surface area contributed by atoms with Crippen molar-refractivity contribution in [2.45, 2.75) is 39.5 Å². The number of amides is 1. The Morgan fingerprint density at radius 3 is 2.60 bits per heavy atom. The number of benzene rings is 2. The van der Waals surface area contributed by atoms with E-state index in [0.29, 0.717) is 32.1 Å². The Bertz CT molecular complexity index is 1780. The molecule has 40 heavy (non-hydrogen) atoms. The topological polar surface area (TPSA) is 141 Å². The fourth-order valence-corrected chi connectivity index (χ4v) is 4.80. The lowest BCUT2D eigenvalue weighted by molar-refractivity contribution is 0.0402. The van der Waals surface area contributed by atoms with Crippen molar-refractivity contribution < 1.29 is 31.2 Å². The summed E-state index contributed by atoms with van der Waals surface area (Å²) < 4.78 is 46.5. The van der Waals surface area contributed by atoms with Gasteiger partial charge in [-0.3, -0.25) is 5.32 Å². The second kappa shape index (κ2) is 11.3. The molecule has 0 radical (unpaired) electrons. The molecule has 3 heterocycles. The van der Waals surface area contributed by atoms with Gasteiger partial charge in [0.2, 0.25) is 5.88 Å². The zero-order valence-corrected chi connectivity index (χ0v) is 22.6. The fraction of sp³-hybridized carbons (Fsp3) is 0.259. The number of nitrogens with zero attached hydrogens (tertiary/aromatic N) is 5. The van der Waals surface area contributed by atoms with Crippen molar-refractivity contribution in [1.82, 2.24) is 24.9 Å². The molecule has 5 aromatic rings. The number of hydrogen-bond acceptors (Lipinski definition) is 11. The molecule has 206 valence electrons. The molecule has 2 aromatic carbocycles. The van der Waals surface area contributed by atoms with Gasteiger partial charge in [0, 0.05) is 17.7 Å². The maximum absolute atomic E-state index is 15.0. The number of aryl methyl sites for hydroxylation is 1. The fourth-order valence-electron chi connectivity index (χ4n) is 3.80. The highest BCUT2D eigenvalue weighted by molar-refractivity contribution is 7.21. The van der Waals surface area contributed by atoms with Crippen molar-refractivity contribution in [3.8, 4) is 22.2 Å². The molecule has 0 aliphatic heterocycles. The van der Waals surface area contributed by atoms with Crippen LogP contribution in [-0.4, -0.2) is 55.4 Å². The molecule has 11 nitrogen and oxygen atoms in total. The van der Waals surface area contributed by atoms with E-state index in [2.05, 4.69) is 30.2 Å². The summed E-state index contributed by atoms with van der Waals surface area (Å²) in [6.07, 6.45) is 1.40. The Kier molecular flexibility index (Phi) is 6.95. The molecule has 1 amide bonds. The van der Waals surface area contributed by atoms with E-state index in [1.54, 1.807) is 19.9 Å². The molecule has 5 rings (SSSR count).